The number of nitrogen functional groups attached to an aromatic ring is 1. The Labute approximate surface area is 90.1 Å². The van der Waals surface area contributed by atoms with Crippen molar-refractivity contribution in [3.05, 3.63) is 28.6 Å². The lowest BCUT2D eigenvalue weighted by molar-refractivity contribution is 1.04. The number of aromatic nitrogens is 2. The van der Waals surface area contributed by atoms with Gasteiger partial charge in [-0.3, -0.25) is 4.40 Å². The van der Waals surface area contributed by atoms with Gasteiger partial charge in [0.15, 0.2) is 0 Å². The summed E-state index contributed by atoms with van der Waals surface area (Å²) in [6, 6.07) is 3.83. The average Bonchev–Trinajstić information content (AvgIpc) is 2.95. The number of pyridine rings is 1. The van der Waals surface area contributed by atoms with E-state index in [1.165, 1.54) is 18.5 Å². The summed E-state index contributed by atoms with van der Waals surface area (Å²) in [5.41, 5.74) is 8.63. The van der Waals surface area contributed by atoms with Crippen LogP contribution >= 0.6 is 15.9 Å². The van der Waals surface area contributed by atoms with Crippen molar-refractivity contribution in [2.75, 3.05) is 5.73 Å². The third-order valence-corrected chi connectivity index (χ3v) is 3.36. The maximum atomic E-state index is 5.72. The van der Waals surface area contributed by atoms with Gasteiger partial charge in [-0.25, -0.2) is 4.98 Å². The van der Waals surface area contributed by atoms with E-state index in [2.05, 4.69) is 20.9 Å². The molecule has 0 unspecified atom stereocenters. The number of fused-ring (bicyclic) bond motifs is 1. The zero-order valence-electron chi connectivity index (χ0n) is 7.57. The van der Waals surface area contributed by atoms with E-state index in [1.54, 1.807) is 0 Å². The SMILES string of the molecule is Nc1ccc2nc(C3CC3)c(Br)n2c1. The van der Waals surface area contributed by atoms with Gasteiger partial charge in [0, 0.05) is 17.8 Å². The van der Waals surface area contributed by atoms with Crippen LogP contribution in [0.15, 0.2) is 22.9 Å². The number of halogens is 1. The van der Waals surface area contributed by atoms with Crippen LogP contribution in [-0.4, -0.2) is 9.38 Å². The Morgan fingerprint density at radius 1 is 1.43 bits per heavy atom. The largest absolute Gasteiger partial charge is 0.398 e. The summed E-state index contributed by atoms with van der Waals surface area (Å²) >= 11 is 3.57. The van der Waals surface area contributed by atoms with Crippen molar-refractivity contribution in [3.8, 4) is 0 Å². The predicted molar refractivity (Wildman–Crippen MR) is 59.3 cm³/mol. The number of hydrogen-bond acceptors (Lipinski definition) is 2. The Hall–Kier alpha value is -1.03. The molecule has 0 aliphatic heterocycles. The third kappa shape index (κ3) is 1.14. The number of anilines is 1. The van der Waals surface area contributed by atoms with E-state index in [9.17, 15) is 0 Å². The van der Waals surface area contributed by atoms with Crippen molar-refractivity contribution in [1.29, 1.82) is 0 Å². The summed E-state index contributed by atoms with van der Waals surface area (Å²) in [5, 5.41) is 0. The van der Waals surface area contributed by atoms with Crippen LogP contribution in [0.25, 0.3) is 5.65 Å². The fourth-order valence-electron chi connectivity index (χ4n) is 1.67. The molecule has 0 amide bonds. The predicted octanol–water partition coefficient (Wildman–Crippen LogP) is 2.56. The summed E-state index contributed by atoms with van der Waals surface area (Å²) in [6.07, 6.45) is 4.42. The highest BCUT2D eigenvalue weighted by atomic mass is 79.9. The summed E-state index contributed by atoms with van der Waals surface area (Å²) in [4.78, 5) is 4.58. The van der Waals surface area contributed by atoms with E-state index in [-0.39, 0.29) is 0 Å². The molecule has 0 aromatic carbocycles. The fourth-order valence-corrected chi connectivity index (χ4v) is 2.36. The highest BCUT2D eigenvalue weighted by Gasteiger charge is 2.29. The average molecular weight is 252 g/mol. The quantitative estimate of drug-likeness (QED) is 0.847. The van der Waals surface area contributed by atoms with Crippen LogP contribution in [0, 0.1) is 0 Å². The molecule has 0 saturated heterocycles. The fraction of sp³-hybridized carbons (Fsp3) is 0.300. The van der Waals surface area contributed by atoms with Gasteiger partial charge in [-0.1, -0.05) is 0 Å². The lowest BCUT2D eigenvalue weighted by Crippen LogP contribution is -1.90. The number of imidazole rings is 1. The molecule has 72 valence electrons. The molecule has 1 aliphatic carbocycles. The van der Waals surface area contributed by atoms with Gasteiger partial charge in [-0.05, 0) is 40.9 Å². The second-order valence-corrected chi connectivity index (χ2v) is 4.50. The first kappa shape index (κ1) is 8.29. The van der Waals surface area contributed by atoms with Crippen LogP contribution in [0.1, 0.15) is 24.5 Å². The Bertz CT molecular complexity index is 499. The lowest BCUT2D eigenvalue weighted by atomic mass is 10.3. The van der Waals surface area contributed by atoms with Crippen LogP contribution in [-0.2, 0) is 0 Å². The number of hydrogen-bond donors (Lipinski definition) is 1. The van der Waals surface area contributed by atoms with Gasteiger partial charge in [0.2, 0.25) is 0 Å². The monoisotopic (exact) mass is 251 g/mol. The van der Waals surface area contributed by atoms with Crippen LogP contribution in [0.5, 0.6) is 0 Å². The first-order valence-corrected chi connectivity index (χ1v) is 5.48. The molecule has 2 N–H and O–H groups in total. The molecule has 1 saturated carbocycles. The van der Waals surface area contributed by atoms with Crippen molar-refractivity contribution >= 4 is 27.3 Å². The molecule has 2 heterocycles. The molecule has 0 atom stereocenters. The van der Waals surface area contributed by atoms with Gasteiger partial charge >= 0.3 is 0 Å². The second kappa shape index (κ2) is 2.73. The van der Waals surface area contributed by atoms with Crippen molar-refractivity contribution < 1.29 is 0 Å². The minimum absolute atomic E-state index is 0.658. The molecule has 1 aliphatic rings. The van der Waals surface area contributed by atoms with E-state index in [1.807, 2.05) is 22.7 Å². The molecule has 3 rings (SSSR count). The molecule has 14 heavy (non-hydrogen) atoms. The maximum absolute atomic E-state index is 5.72. The number of nitrogens with two attached hydrogens (primary N) is 1. The lowest BCUT2D eigenvalue weighted by Gasteiger charge is -1.96. The van der Waals surface area contributed by atoms with Crippen LogP contribution in [0.2, 0.25) is 0 Å². The van der Waals surface area contributed by atoms with Gasteiger partial charge in [0.05, 0.1) is 5.69 Å². The number of nitrogens with zero attached hydrogens (tertiary/aromatic N) is 2. The topological polar surface area (TPSA) is 43.3 Å². The van der Waals surface area contributed by atoms with Crippen molar-refractivity contribution in [2.45, 2.75) is 18.8 Å². The highest BCUT2D eigenvalue weighted by Crippen LogP contribution is 2.42. The van der Waals surface area contributed by atoms with Gasteiger partial charge in [0.1, 0.15) is 10.3 Å². The van der Waals surface area contributed by atoms with E-state index in [4.69, 9.17) is 5.73 Å². The molecule has 2 aromatic heterocycles. The Morgan fingerprint density at radius 3 is 2.93 bits per heavy atom. The Balaban J connectivity index is 2.29. The molecule has 4 heteroatoms. The van der Waals surface area contributed by atoms with Crippen molar-refractivity contribution in [3.63, 3.8) is 0 Å². The second-order valence-electron chi connectivity index (χ2n) is 3.75. The molecule has 1 fully saturated rings. The first-order valence-electron chi connectivity index (χ1n) is 4.68. The van der Waals surface area contributed by atoms with Gasteiger partial charge in [-0.2, -0.15) is 0 Å². The molecule has 0 spiro atoms. The van der Waals surface area contributed by atoms with Crippen molar-refractivity contribution in [2.24, 2.45) is 0 Å². The minimum atomic E-state index is 0.658. The van der Waals surface area contributed by atoms with E-state index < -0.39 is 0 Å². The van der Waals surface area contributed by atoms with E-state index in [0.717, 1.165) is 15.9 Å². The third-order valence-electron chi connectivity index (χ3n) is 2.57. The van der Waals surface area contributed by atoms with Crippen LogP contribution in [0.3, 0.4) is 0 Å². The van der Waals surface area contributed by atoms with Gasteiger partial charge < -0.3 is 5.73 Å². The maximum Gasteiger partial charge on any atom is 0.138 e. The van der Waals surface area contributed by atoms with E-state index in [0.29, 0.717) is 5.92 Å². The molecule has 2 aromatic rings. The zero-order valence-corrected chi connectivity index (χ0v) is 9.16. The number of rotatable bonds is 1. The van der Waals surface area contributed by atoms with Crippen LogP contribution < -0.4 is 5.73 Å². The summed E-state index contributed by atoms with van der Waals surface area (Å²) in [6.45, 7) is 0. The molecule has 0 bridgehead atoms. The normalized spacial score (nSPS) is 16.4. The van der Waals surface area contributed by atoms with Crippen LogP contribution in [0.4, 0.5) is 5.69 Å². The van der Waals surface area contributed by atoms with Crippen molar-refractivity contribution in [1.82, 2.24) is 9.38 Å². The molecule has 0 radical (unpaired) electrons. The standard InChI is InChI=1S/C10H10BrN3/c11-10-9(6-1-2-6)13-8-4-3-7(12)5-14(8)10/h3-6H,1-2,12H2. The summed E-state index contributed by atoms with van der Waals surface area (Å²) in [5.74, 6) is 0.658. The van der Waals surface area contributed by atoms with Gasteiger partial charge in [0.25, 0.3) is 0 Å². The van der Waals surface area contributed by atoms with Gasteiger partial charge in [-0.15, -0.1) is 0 Å². The smallest absolute Gasteiger partial charge is 0.138 e. The van der Waals surface area contributed by atoms with E-state index >= 15 is 0 Å². The minimum Gasteiger partial charge on any atom is -0.398 e. The molecular formula is C10H10BrN3. The summed E-state index contributed by atoms with van der Waals surface area (Å²) in [7, 11) is 0. The first-order chi connectivity index (χ1) is 6.75. The highest BCUT2D eigenvalue weighted by molar-refractivity contribution is 9.10. The molecule has 3 nitrogen and oxygen atoms in total. The molecular weight excluding hydrogens is 242 g/mol. The summed E-state index contributed by atoms with van der Waals surface area (Å²) < 4.78 is 3.06. The Morgan fingerprint density at radius 2 is 2.21 bits per heavy atom. The zero-order chi connectivity index (χ0) is 9.71. The Kier molecular flexibility index (Phi) is 1.62.